The second-order valence-corrected chi connectivity index (χ2v) is 5.42. The number of amides is 1. The second kappa shape index (κ2) is 5.74. The lowest BCUT2D eigenvalue weighted by atomic mass is 10.0. The van der Waals surface area contributed by atoms with Crippen LogP contribution in [-0.4, -0.2) is 23.4 Å². The minimum atomic E-state index is -0.0311. The van der Waals surface area contributed by atoms with Crippen molar-refractivity contribution >= 4 is 5.91 Å². The van der Waals surface area contributed by atoms with Crippen molar-refractivity contribution in [1.29, 1.82) is 0 Å². The van der Waals surface area contributed by atoms with Gasteiger partial charge in [-0.2, -0.15) is 0 Å². The van der Waals surface area contributed by atoms with Gasteiger partial charge in [0.05, 0.1) is 6.04 Å². The van der Waals surface area contributed by atoms with Gasteiger partial charge in [-0.05, 0) is 37.8 Å². The van der Waals surface area contributed by atoms with E-state index in [0.717, 1.165) is 19.4 Å². The summed E-state index contributed by atoms with van der Waals surface area (Å²) in [5.41, 5.74) is 3.72. The van der Waals surface area contributed by atoms with Crippen LogP contribution in [0.25, 0.3) is 0 Å². The lowest BCUT2D eigenvalue weighted by molar-refractivity contribution is -0.130. The largest absolute Gasteiger partial charge is 0.322 e. The van der Waals surface area contributed by atoms with Gasteiger partial charge in [0.25, 0.3) is 0 Å². The predicted octanol–water partition coefficient (Wildman–Crippen LogP) is 2.92. The molecule has 1 amide bonds. The molecule has 1 aromatic carbocycles. The molecule has 1 fully saturated rings. The molecule has 19 heavy (non-hydrogen) atoms. The van der Waals surface area contributed by atoms with Gasteiger partial charge < -0.3 is 4.90 Å². The van der Waals surface area contributed by atoms with Gasteiger partial charge in [0.1, 0.15) is 6.17 Å². The van der Waals surface area contributed by atoms with Crippen LogP contribution in [0.15, 0.2) is 18.2 Å². The van der Waals surface area contributed by atoms with Crippen LogP contribution in [0.1, 0.15) is 49.5 Å². The summed E-state index contributed by atoms with van der Waals surface area (Å²) < 4.78 is 0. The zero-order valence-corrected chi connectivity index (χ0v) is 12.4. The minimum Gasteiger partial charge on any atom is -0.322 e. The quantitative estimate of drug-likeness (QED) is 0.902. The number of carbonyl (C=O) groups is 1. The zero-order valence-electron chi connectivity index (χ0n) is 12.4. The maximum atomic E-state index is 12.4. The highest BCUT2D eigenvalue weighted by Crippen LogP contribution is 2.29. The molecule has 1 saturated heterocycles. The number of hydrogen-bond donors (Lipinski definition) is 1. The van der Waals surface area contributed by atoms with E-state index in [2.05, 4.69) is 51.2 Å². The Balaban J connectivity index is 2.36. The van der Waals surface area contributed by atoms with Crippen LogP contribution >= 0.6 is 0 Å². The number of benzene rings is 1. The van der Waals surface area contributed by atoms with Crippen molar-refractivity contribution in [3.63, 3.8) is 0 Å². The van der Waals surface area contributed by atoms with Crippen LogP contribution < -0.4 is 5.32 Å². The number of hydrogen-bond acceptors (Lipinski definition) is 2. The highest BCUT2D eigenvalue weighted by Gasteiger charge is 2.38. The van der Waals surface area contributed by atoms with Crippen LogP contribution in [0, 0.1) is 13.8 Å². The summed E-state index contributed by atoms with van der Waals surface area (Å²) >= 11 is 0. The summed E-state index contributed by atoms with van der Waals surface area (Å²) in [6, 6.07) is 6.43. The average Bonchev–Trinajstić information content (AvgIpc) is 2.70. The van der Waals surface area contributed by atoms with Crippen molar-refractivity contribution in [2.24, 2.45) is 0 Å². The average molecular weight is 260 g/mol. The van der Waals surface area contributed by atoms with Gasteiger partial charge >= 0.3 is 0 Å². The lowest BCUT2D eigenvalue weighted by Crippen LogP contribution is -2.31. The van der Waals surface area contributed by atoms with Gasteiger partial charge in [-0.15, -0.1) is 0 Å². The molecule has 0 aromatic heterocycles. The predicted molar refractivity (Wildman–Crippen MR) is 77.9 cm³/mol. The van der Waals surface area contributed by atoms with E-state index >= 15 is 0 Å². The monoisotopic (exact) mass is 260 g/mol. The molecule has 3 heteroatoms. The van der Waals surface area contributed by atoms with Crippen LogP contribution in [0.3, 0.4) is 0 Å². The highest BCUT2D eigenvalue weighted by molar-refractivity contribution is 5.84. The van der Waals surface area contributed by atoms with Crippen molar-refractivity contribution in [2.75, 3.05) is 6.54 Å². The van der Waals surface area contributed by atoms with Crippen LogP contribution in [-0.2, 0) is 4.79 Å². The molecule has 2 atom stereocenters. The van der Waals surface area contributed by atoms with Crippen molar-refractivity contribution in [2.45, 2.75) is 52.7 Å². The molecule has 1 N–H and O–H groups in total. The Morgan fingerprint density at radius 3 is 2.63 bits per heavy atom. The topological polar surface area (TPSA) is 32.3 Å². The van der Waals surface area contributed by atoms with E-state index < -0.39 is 0 Å². The van der Waals surface area contributed by atoms with E-state index in [1.54, 1.807) is 0 Å². The third kappa shape index (κ3) is 2.66. The molecule has 3 nitrogen and oxygen atoms in total. The maximum absolute atomic E-state index is 12.4. The maximum Gasteiger partial charge on any atom is 0.241 e. The number of carbonyl (C=O) groups excluding carboxylic acids is 1. The smallest absolute Gasteiger partial charge is 0.241 e. The fourth-order valence-electron chi connectivity index (χ4n) is 2.76. The van der Waals surface area contributed by atoms with Gasteiger partial charge in [-0.1, -0.05) is 37.6 Å². The van der Waals surface area contributed by atoms with Crippen LogP contribution in [0.4, 0.5) is 0 Å². The van der Waals surface area contributed by atoms with Crippen molar-refractivity contribution in [3.8, 4) is 0 Å². The van der Waals surface area contributed by atoms with Crippen molar-refractivity contribution in [3.05, 3.63) is 34.9 Å². The summed E-state index contributed by atoms with van der Waals surface area (Å²) in [6.45, 7) is 9.21. The normalized spacial score (nSPS) is 23.2. The van der Waals surface area contributed by atoms with E-state index in [0.29, 0.717) is 0 Å². The number of rotatable bonds is 4. The first-order valence-electron chi connectivity index (χ1n) is 7.22. The number of nitrogens with one attached hydrogen (secondary N) is 1. The molecule has 2 rings (SSSR count). The molecule has 1 heterocycles. The van der Waals surface area contributed by atoms with Crippen LogP contribution in [0.5, 0.6) is 0 Å². The molecule has 0 radical (unpaired) electrons. The Hall–Kier alpha value is -1.35. The number of aryl methyl sites for hydroxylation is 2. The molecule has 1 aliphatic rings. The van der Waals surface area contributed by atoms with E-state index in [4.69, 9.17) is 0 Å². The summed E-state index contributed by atoms with van der Waals surface area (Å²) in [5.74, 6) is 0.246. The molecule has 0 saturated carbocycles. The summed E-state index contributed by atoms with van der Waals surface area (Å²) in [4.78, 5) is 14.4. The molecule has 1 aromatic rings. The number of nitrogens with zero attached hydrogens (tertiary/aromatic N) is 1. The van der Waals surface area contributed by atoms with Gasteiger partial charge in [0.2, 0.25) is 5.91 Å². The second-order valence-electron chi connectivity index (χ2n) is 5.42. The Kier molecular flexibility index (Phi) is 4.25. The van der Waals surface area contributed by atoms with Gasteiger partial charge in [-0.3, -0.25) is 10.1 Å². The van der Waals surface area contributed by atoms with Crippen molar-refractivity contribution < 1.29 is 4.79 Å². The third-order valence-electron chi connectivity index (χ3n) is 3.85. The van der Waals surface area contributed by atoms with Gasteiger partial charge in [0, 0.05) is 6.54 Å². The molecular formula is C16H24N2O. The standard InChI is InChI=1S/C16H24N2O/c1-5-9-18-15(17-14(6-2)16(18)19)13-10-11(3)7-8-12(13)4/h7-8,10,14-15,17H,5-6,9H2,1-4H3. The van der Waals surface area contributed by atoms with E-state index in [-0.39, 0.29) is 18.1 Å². The highest BCUT2D eigenvalue weighted by atomic mass is 16.2. The van der Waals surface area contributed by atoms with E-state index in [1.807, 2.05) is 4.90 Å². The Bertz CT molecular complexity index is 470. The molecule has 0 bridgehead atoms. The lowest BCUT2D eigenvalue weighted by Gasteiger charge is -2.25. The zero-order chi connectivity index (χ0) is 14.0. The fraction of sp³-hybridized carbons (Fsp3) is 0.562. The molecule has 2 unspecified atom stereocenters. The minimum absolute atomic E-state index is 0.0311. The third-order valence-corrected chi connectivity index (χ3v) is 3.85. The molecular weight excluding hydrogens is 236 g/mol. The van der Waals surface area contributed by atoms with Crippen LogP contribution in [0.2, 0.25) is 0 Å². The molecule has 0 aliphatic carbocycles. The Labute approximate surface area is 116 Å². The molecule has 1 aliphatic heterocycles. The Morgan fingerprint density at radius 2 is 2.00 bits per heavy atom. The molecule has 0 spiro atoms. The van der Waals surface area contributed by atoms with Gasteiger partial charge in [0.15, 0.2) is 0 Å². The summed E-state index contributed by atoms with van der Waals surface area (Å²) in [5, 5.41) is 3.49. The molecule has 104 valence electrons. The summed E-state index contributed by atoms with van der Waals surface area (Å²) in [7, 11) is 0. The van der Waals surface area contributed by atoms with E-state index in [1.165, 1.54) is 16.7 Å². The van der Waals surface area contributed by atoms with Gasteiger partial charge in [-0.25, -0.2) is 0 Å². The van der Waals surface area contributed by atoms with Crippen molar-refractivity contribution in [1.82, 2.24) is 10.2 Å². The first kappa shape index (κ1) is 14.1. The fourth-order valence-corrected chi connectivity index (χ4v) is 2.76. The summed E-state index contributed by atoms with van der Waals surface area (Å²) in [6.07, 6.45) is 1.88. The first-order chi connectivity index (χ1) is 9.08. The first-order valence-corrected chi connectivity index (χ1v) is 7.22. The SMILES string of the molecule is CCCN1C(=O)C(CC)NC1c1cc(C)ccc1C. The van der Waals surface area contributed by atoms with E-state index in [9.17, 15) is 4.79 Å². The Morgan fingerprint density at radius 1 is 1.26 bits per heavy atom.